The number of ether oxygens (including phenoxy) is 1. The summed E-state index contributed by atoms with van der Waals surface area (Å²) in [6.45, 7) is -0.132. The number of anilines is 1. The van der Waals surface area contributed by atoms with Crippen molar-refractivity contribution in [2.75, 3.05) is 19.0 Å². The van der Waals surface area contributed by atoms with Crippen LogP contribution in [0.4, 0.5) is 10.2 Å². The van der Waals surface area contributed by atoms with Gasteiger partial charge in [0.25, 0.3) is 0 Å². The summed E-state index contributed by atoms with van der Waals surface area (Å²) in [5, 5.41) is 9.47. The Morgan fingerprint density at radius 1 is 1.11 bits per heavy atom. The molecule has 5 rings (SSSR count). The molecule has 2 aromatic heterocycles. The van der Waals surface area contributed by atoms with Gasteiger partial charge in [-0.15, -0.1) is 0 Å². The Morgan fingerprint density at radius 3 is 2.58 bits per heavy atom. The van der Waals surface area contributed by atoms with Crippen LogP contribution in [0.25, 0.3) is 11.0 Å². The summed E-state index contributed by atoms with van der Waals surface area (Å²) in [5.41, 5.74) is 1.61. The van der Waals surface area contributed by atoms with Gasteiger partial charge >= 0.3 is 5.97 Å². The number of aromatic nitrogens is 3. The van der Waals surface area contributed by atoms with Gasteiger partial charge in [-0.3, -0.25) is 14.7 Å². The number of fused-ring (bicyclic) bond motifs is 1. The van der Waals surface area contributed by atoms with Crippen LogP contribution in [0.1, 0.15) is 54.4 Å². The lowest BCUT2D eigenvalue weighted by molar-refractivity contribution is -0.143. The van der Waals surface area contributed by atoms with Gasteiger partial charge in [-0.05, 0) is 42.7 Å². The zero-order valence-electron chi connectivity index (χ0n) is 20.0. The predicted molar refractivity (Wildman–Crippen MR) is 130 cm³/mol. The second-order valence-corrected chi connectivity index (χ2v) is 9.51. The van der Waals surface area contributed by atoms with Crippen molar-refractivity contribution < 1.29 is 23.5 Å². The van der Waals surface area contributed by atoms with Crippen LogP contribution in [0.15, 0.2) is 42.6 Å². The molecule has 2 amide bonds. The molecule has 10 heteroatoms. The molecular formula is C26H28FN5O4. The molecule has 0 radical (unpaired) electrons. The smallest absolute Gasteiger partial charge is 0.337 e. The van der Waals surface area contributed by atoms with Gasteiger partial charge in [-0.25, -0.2) is 14.2 Å². The summed E-state index contributed by atoms with van der Waals surface area (Å²) in [5.74, 6) is -0.851. The first-order valence-electron chi connectivity index (χ1n) is 12.2. The van der Waals surface area contributed by atoms with Crippen LogP contribution in [-0.4, -0.2) is 63.7 Å². The fraction of sp³-hybridized carbons (Fsp3) is 0.423. The van der Waals surface area contributed by atoms with E-state index < -0.39 is 29.5 Å². The fourth-order valence-corrected chi connectivity index (χ4v) is 5.47. The number of carbonyl (C=O) groups is 3. The molecule has 1 aliphatic carbocycles. The molecule has 9 nitrogen and oxygen atoms in total. The van der Waals surface area contributed by atoms with E-state index in [1.807, 2.05) is 0 Å². The van der Waals surface area contributed by atoms with E-state index >= 15 is 0 Å². The topological polar surface area (TPSA) is 117 Å². The van der Waals surface area contributed by atoms with E-state index in [2.05, 4.69) is 20.5 Å². The second-order valence-electron chi connectivity index (χ2n) is 9.51. The number of hydrogen-bond acceptors (Lipinski definition) is 6. The number of halogens is 1. The van der Waals surface area contributed by atoms with Crippen LogP contribution in [0.5, 0.6) is 0 Å². The number of benzene rings is 1. The van der Waals surface area contributed by atoms with Gasteiger partial charge in [0, 0.05) is 6.42 Å². The van der Waals surface area contributed by atoms with E-state index in [0.717, 1.165) is 30.3 Å². The number of amides is 2. The maximum Gasteiger partial charge on any atom is 0.337 e. The van der Waals surface area contributed by atoms with E-state index in [4.69, 9.17) is 4.74 Å². The molecule has 1 aromatic carbocycles. The second kappa shape index (κ2) is 9.67. The third-order valence-electron chi connectivity index (χ3n) is 7.34. The summed E-state index contributed by atoms with van der Waals surface area (Å²) >= 11 is 0. The van der Waals surface area contributed by atoms with Crippen LogP contribution in [0.3, 0.4) is 0 Å². The summed E-state index contributed by atoms with van der Waals surface area (Å²) in [6, 6.07) is 9.29. The quantitative estimate of drug-likeness (QED) is 0.525. The minimum Gasteiger partial charge on any atom is -0.465 e. The van der Waals surface area contributed by atoms with Crippen molar-refractivity contribution >= 4 is 34.6 Å². The summed E-state index contributed by atoms with van der Waals surface area (Å²) in [6.07, 6.45) is 4.10. The number of rotatable bonds is 5. The molecule has 36 heavy (non-hydrogen) atoms. The molecule has 1 saturated carbocycles. The Kier molecular flexibility index (Phi) is 6.42. The SMILES string of the molecule is COC(=O)c1ccc(C2(C(=O)N3C[C@H](F)C[C@@H]3C(=O)Nc3ccc4[nH]ncc4n3)CCCCC2)cc1. The van der Waals surface area contributed by atoms with E-state index in [1.54, 1.807) is 42.6 Å². The zero-order valence-corrected chi connectivity index (χ0v) is 20.0. The Labute approximate surface area is 207 Å². The number of nitrogens with zero attached hydrogens (tertiary/aromatic N) is 3. The van der Waals surface area contributed by atoms with Crippen molar-refractivity contribution in [3.8, 4) is 0 Å². The van der Waals surface area contributed by atoms with Crippen LogP contribution in [0, 0.1) is 0 Å². The predicted octanol–water partition coefficient (Wildman–Crippen LogP) is 3.52. The molecule has 1 aliphatic heterocycles. The van der Waals surface area contributed by atoms with Gasteiger partial charge in [0.15, 0.2) is 0 Å². The number of hydrogen-bond donors (Lipinski definition) is 2. The fourth-order valence-electron chi connectivity index (χ4n) is 5.47. The first kappa shape index (κ1) is 23.9. The van der Waals surface area contributed by atoms with Gasteiger partial charge in [-0.2, -0.15) is 5.10 Å². The number of nitrogens with one attached hydrogen (secondary N) is 2. The van der Waals surface area contributed by atoms with Gasteiger partial charge in [0.05, 0.1) is 36.3 Å². The lowest BCUT2D eigenvalue weighted by Gasteiger charge is -2.40. The number of methoxy groups -OCH3 is 1. The highest BCUT2D eigenvalue weighted by molar-refractivity contribution is 5.99. The van der Waals surface area contributed by atoms with Crippen molar-refractivity contribution in [2.45, 2.75) is 56.2 Å². The van der Waals surface area contributed by atoms with Crippen molar-refractivity contribution in [2.24, 2.45) is 0 Å². The summed E-state index contributed by atoms with van der Waals surface area (Å²) in [4.78, 5) is 45.0. The number of alkyl halides is 1. The minimum absolute atomic E-state index is 0.0666. The highest BCUT2D eigenvalue weighted by atomic mass is 19.1. The first-order valence-corrected chi connectivity index (χ1v) is 12.2. The number of pyridine rings is 1. The maximum absolute atomic E-state index is 14.7. The number of H-pyrrole nitrogens is 1. The molecule has 0 unspecified atom stereocenters. The normalized spacial score (nSPS) is 21.3. The lowest BCUT2D eigenvalue weighted by Crippen LogP contribution is -2.52. The molecule has 0 spiro atoms. The third-order valence-corrected chi connectivity index (χ3v) is 7.34. The minimum atomic E-state index is -1.30. The van der Waals surface area contributed by atoms with Crippen LogP contribution < -0.4 is 5.32 Å². The molecule has 3 aromatic rings. The summed E-state index contributed by atoms with van der Waals surface area (Å²) in [7, 11) is 1.32. The third kappa shape index (κ3) is 4.31. The van der Waals surface area contributed by atoms with Crippen molar-refractivity contribution in [3.63, 3.8) is 0 Å². The van der Waals surface area contributed by atoms with Gasteiger partial charge < -0.3 is 15.0 Å². The maximum atomic E-state index is 14.7. The molecule has 2 atom stereocenters. The summed E-state index contributed by atoms with van der Waals surface area (Å²) < 4.78 is 19.5. The van der Waals surface area contributed by atoms with E-state index in [-0.39, 0.29) is 18.9 Å². The van der Waals surface area contributed by atoms with Gasteiger partial charge in [0.2, 0.25) is 11.8 Å². The molecular weight excluding hydrogens is 465 g/mol. The monoisotopic (exact) mass is 493 g/mol. The molecule has 3 heterocycles. The van der Waals surface area contributed by atoms with E-state index in [1.165, 1.54) is 12.0 Å². The van der Waals surface area contributed by atoms with Crippen molar-refractivity contribution in [1.82, 2.24) is 20.1 Å². The number of carbonyl (C=O) groups excluding carboxylic acids is 3. The largest absolute Gasteiger partial charge is 0.465 e. The first-order chi connectivity index (χ1) is 17.4. The zero-order chi connectivity index (χ0) is 25.3. The highest BCUT2D eigenvalue weighted by Crippen LogP contribution is 2.43. The molecule has 2 fully saturated rings. The van der Waals surface area contributed by atoms with Gasteiger partial charge in [0.1, 0.15) is 23.5 Å². The van der Waals surface area contributed by atoms with Crippen molar-refractivity contribution in [1.29, 1.82) is 0 Å². The Morgan fingerprint density at radius 2 is 1.86 bits per heavy atom. The average Bonchev–Trinajstić information content (AvgIpc) is 3.54. The van der Waals surface area contributed by atoms with E-state index in [9.17, 15) is 18.8 Å². The molecule has 2 N–H and O–H groups in total. The van der Waals surface area contributed by atoms with Crippen molar-refractivity contribution in [3.05, 3.63) is 53.7 Å². The van der Waals surface area contributed by atoms with Crippen LogP contribution in [-0.2, 0) is 19.7 Å². The van der Waals surface area contributed by atoms with Crippen LogP contribution in [0.2, 0.25) is 0 Å². The Balaban J connectivity index is 1.41. The number of esters is 1. The Hall–Kier alpha value is -3.82. The number of likely N-dealkylation sites (tertiary alicyclic amines) is 1. The molecule has 1 saturated heterocycles. The average molecular weight is 494 g/mol. The van der Waals surface area contributed by atoms with E-state index in [0.29, 0.717) is 29.7 Å². The lowest BCUT2D eigenvalue weighted by atomic mass is 9.68. The molecule has 0 bridgehead atoms. The Bertz CT molecular complexity index is 1280. The standard InChI is InChI=1S/C26H28FN5O4/c1-36-24(34)16-5-7-17(8-6-16)26(11-3-2-4-12-26)25(35)32-15-18(27)13-21(32)23(33)30-22-10-9-19-20(29-22)14-28-31-19/h5-10,14,18,21H,2-4,11-13,15H2,1H3,(H,28,31)(H,29,30,33)/t18-,21-/m1/s1. The molecule has 2 aliphatic rings. The number of aromatic amines is 1. The van der Waals surface area contributed by atoms with Gasteiger partial charge in [-0.1, -0.05) is 31.4 Å². The molecule has 188 valence electrons. The highest BCUT2D eigenvalue weighted by Gasteiger charge is 2.49. The van der Waals surface area contributed by atoms with Crippen LogP contribution >= 0.6 is 0 Å².